The maximum Gasteiger partial charge on any atom is 0.246 e. The minimum absolute atomic E-state index is 0.0257. The van der Waals surface area contributed by atoms with Gasteiger partial charge < -0.3 is 20.9 Å². The van der Waals surface area contributed by atoms with Crippen LogP contribution in [-0.2, 0) is 4.79 Å². The number of aliphatic hydroxyl groups excluding tert-OH is 1. The van der Waals surface area contributed by atoms with Crippen molar-refractivity contribution < 1.29 is 14.6 Å². The van der Waals surface area contributed by atoms with Crippen LogP contribution in [-0.4, -0.2) is 44.4 Å². The highest BCUT2D eigenvalue weighted by Gasteiger charge is 2.35. The van der Waals surface area contributed by atoms with Gasteiger partial charge in [-0.1, -0.05) is 24.3 Å². The molecule has 1 aliphatic heterocycles. The Morgan fingerprint density at radius 3 is 2.46 bits per heavy atom. The van der Waals surface area contributed by atoms with E-state index in [1.54, 1.807) is 6.92 Å². The van der Waals surface area contributed by atoms with Crippen molar-refractivity contribution in [3.63, 3.8) is 0 Å². The first kappa shape index (κ1) is 25.1. The number of anilines is 1. The van der Waals surface area contributed by atoms with Crippen LogP contribution in [0.15, 0.2) is 29.3 Å². The number of nitrogen functional groups attached to an aromatic ring is 1. The number of hydrogen-bond acceptors (Lipinski definition) is 7. The van der Waals surface area contributed by atoms with Gasteiger partial charge in [0, 0.05) is 12.0 Å². The van der Waals surface area contributed by atoms with Crippen molar-refractivity contribution >= 4 is 23.1 Å². The Morgan fingerprint density at radius 2 is 1.83 bits per heavy atom. The average molecular weight is 480 g/mol. The first-order valence-electron chi connectivity index (χ1n) is 12.4. The predicted octanol–water partition coefficient (Wildman–Crippen LogP) is 4.21. The van der Waals surface area contributed by atoms with Gasteiger partial charge in [-0.3, -0.25) is 4.79 Å². The smallest absolute Gasteiger partial charge is 0.246 e. The van der Waals surface area contributed by atoms with Crippen LogP contribution < -0.4 is 15.8 Å². The zero-order chi connectivity index (χ0) is 25.4. The van der Waals surface area contributed by atoms with Crippen LogP contribution in [0.5, 0.6) is 5.88 Å². The number of amides is 1. The van der Waals surface area contributed by atoms with E-state index in [9.17, 15) is 9.90 Å². The fourth-order valence-corrected chi connectivity index (χ4v) is 5.03. The van der Waals surface area contributed by atoms with Gasteiger partial charge in [0.2, 0.25) is 11.8 Å². The molecule has 8 nitrogen and oxygen atoms in total. The highest BCUT2D eigenvalue weighted by molar-refractivity contribution is 6.09. The Labute approximate surface area is 207 Å². The van der Waals surface area contributed by atoms with Crippen LogP contribution in [0.25, 0.3) is 0 Å². The van der Waals surface area contributed by atoms with Gasteiger partial charge in [0.15, 0.2) is 11.5 Å². The van der Waals surface area contributed by atoms with E-state index in [-0.39, 0.29) is 12.5 Å². The third-order valence-corrected chi connectivity index (χ3v) is 6.99. The van der Waals surface area contributed by atoms with E-state index in [1.807, 2.05) is 27.7 Å². The molecule has 0 unspecified atom stereocenters. The molecule has 8 heteroatoms. The third-order valence-electron chi connectivity index (χ3n) is 6.99. The van der Waals surface area contributed by atoms with Crippen molar-refractivity contribution in [2.24, 2.45) is 10.9 Å². The molecule has 2 aliphatic rings. The standard InChI is InChI=1S/C27H37N5O3/c1-16-29-24(28)22-25(30-16)35-27(4,5)23(31-22)20-12-10-19(11-13-20)18-8-6-17(7-9-18)14-21(34)32-26(2,3)15-33/h10-13,17-18,33H,6-9,14-15H2,1-5H3,(H,32,34)(H2,28,29,30). The Kier molecular flexibility index (Phi) is 6.86. The van der Waals surface area contributed by atoms with E-state index in [4.69, 9.17) is 15.5 Å². The van der Waals surface area contributed by atoms with Crippen molar-refractivity contribution in [3.8, 4) is 5.88 Å². The summed E-state index contributed by atoms with van der Waals surface area (Å²) in [5, 5.41) is 12.3. The summed E-state index contributed by atoms with van der Waals surface area (Å²) < 4.78 is 6.17. The molecule has 2 heterocycles. The van der Waals surface area contributed by atoms with Gasteiger partial charge in [-0.2, -0.15) is 4.98 Å². The van der Waals surface area contributed by atoms with Gasteiger partial charge in [0.05, 0.1) is 17.9 Å². The summed E-state index contributed by atoms with van der Waals surface area (Å²) in [7, 11) is 0. The lowest BCUT2D eigenvalue weighted by atomic mass is 9.77. The number of nitrogens with zero attached hydrogens (tertiary/aromatic N) is 3. The fourth-order valence-electron chi connectivity index (χ4n) is 5.03. The number of aliphatic hydroxyl groups is 1. The molecule has 2 aromatic rings. The number of nitrogens with two attached hydrogens (primary N) is 1. The van der Waals surface area contributed by atoms with Gasteiger partial charge in [0.1, 0.15) is 11.4 Å². The molecule has 188 valence electrons. The number of carbonyl (C=O) groups is 1. The van der Waals surface area contributed by atoms with E-state index < -0.39 is 11.1 Å². The molecule has 4 N–H and O–H groups in total. The highest BCUT2D eigenvalue weighted by atomic mass is 16.5. The lowest BCUT2D eigenvalue weighted by Crippen LogP contribution is -2.46. The molecular weight excluding hydrogens is 442 g/mol. The molecule has 1 aromatic carbocycles. The van der Waals surface area contributed by atoms with Crippen LogP contribution in [0.3, 0.4) is 0 Å². The molecule has 0 atom stereocenters. The number of fused-ring (bicyclic) bond motifs is 1. The quantitative estimate of drug-likeness (QED) is 0.570. The van der Waals surface area contributed by atoms with E-state index >= 15 is 0 Å². The Morgan fingerprint density at radius 1 is 1.17 bits per heavy atom. The van der Waals surface area contributed by atoms with Crippen LogP contribution in [0, 0.1) is 12.8 Å². The second-order valence-electron chi connectivity index (χ2n) is 11.0. The normalized spacial score (nSPS) is 21.5. The zero-order valence-electron chi connectivity index (χ0n) is 21.4. The molecular formula is C27H37N5O3. The molecule has 1 fully saturated rings. The number of carbonyl (C=O) groups excluding carboxylic acids is 1. The Hall–Kier alpha value is -3.00. The summed E-state index contributed by atoms with van der Waals surface area (Å²) in [6.45, 7) is 9.35. The first-order valence-corrected chi connectivity index (χ1v) is 12.4. The van der Waals surface area contributed by atoms with Crippen LogP contribution in [0.2, 0.25) is 0 Å². The number of benzene rings is 1. The lowest BCUT2D eigenvalue weighted by molar-refractivity contribution is -0.124. The second-order valence-corrected chi connectivity index (χ2v) is 11.0. The Balaban J connectivity index is 1.42. The topological polar surface area (TPSA) is 123 Å². The number of hydrogen-bond donors (Lipinski definition) is 3. The third kappa shape index (κ3) is 5.64. The molecule has 35 heavy (non-hydrogen) atoms. The first-order chi connectivity index (χ1) is 16.5. The van der Waals surface area contributed by atoms with Gasteiger partial charge in [-0.15, -0.1) is 0 Å². The average Bonchev–Trinajstić information content (AvgIpc) is 2.78. The largest absolute Gasteiger partial charge is 0.463 e. The number of aromatic nitrogens is 2. The summed E-state index contributed by atoms with van der Waals surface area (Å²) in [6, 6.07) is 8.57. The molecule has 0 radical (unpaired) electrons. The van der Waals surface area contributed by atoms with E-state index in [0.717, 1.165) is 37.0 Å². The van der Waals surface area contributed by atoms with Crippen molar-refractivity contribution in [2.45, 2.75) is 83.8 Å². The number of ether oxygens (including phenoxy) is 1. The van der Waals surface area contributed by atoms with Gasteiger partial charge in [-0.05, 0) is 77.7 Å². The number of aryl methyl sites for hydroxylation is 1. The van der Waals surface area contributed by atoms with Crippen LogP contribution in [0.4, 0.5) is 11.5 Å². The molecule has 0 bridgehead atoms. The van der Waals surface area contributed by atoms with Gasteiger partial charge in [-0.25, -0.2) is 9.98 Å². The highest BCUT2D eigenvalue weighted by Crippen LogP contribution is 2.40. The minimum Gasteiger partial charge on any atom is -0.463 e. The number of aliphatic imine (C=N–C) groups is 1. The summed E-state index contributed by atoms with van der Waals surface area (Å²) in [4.78, 5) is 25.7. The Bertz CT molecular complexity index is 1120. The number of nitrogens with one attached hydrogen (secondary N) is 1. The maximum absolute atomic E-state index is 12.3. The van der Waals surface area contributed by atoms with E-state index in [0.29, 0.717) is 41.5 Å². The second kappa shape index (κ2) is 9.57. The summed E-state index contributed by atoms with van der Waals surface area (Å²) in [5.74, 6) is 2.21. The van der Waals surface area contributed by atoms with Gasteiger partial charge >= 0.3 is 0 Å². The van der Waals surface area contributed by atoms with Crippen LogP contribution in [0.1, 0.15) is 82.7 Å². The van der Waals surface area contributed by atoms with E-state index in [2.05, 4.69) is 39.6 Å². The molecule has 1 aromatic heterocycles. The minimum atomic E-state index is -0.648. The lowest BCUT2D eigenvalue weighted by Gasteiger charge is -2.32. The van der Waals surface area contributed by atoms with Crippen molar-refractivity contribution in [1.29, 1.82) is 0 Å². The summed E-state index contributed by atoms with van der Waals surface area (Å²) in [5.41, 5.74) is 8.46. The summed E-state index contributed by atoms with van der Waals surface area (Å²) >= 11 is 0. The molecule has 4 rings (SSSR count). The molecule has 1 amide bonds. The molecule has 1 aliphatic carbocycles. The molecule has 0 spiro atoms. The fraction of sp³-hybridized carbons (Fsp3) is 0.556. The van der Waals surface area contributed by atoms with E-state index in [1.165, 1.54) is 5.56 Å². The summed E-state index contributed by atoms with van der Waals surface area (Å²) in [6.07, 6.45) is 4.72. The monoisotopic (exact) mass is 479 g/mol. The van der Waals surface area contributed by atoms with Crippen molar-refractivity contribution in [2.75, 3.05) is 12.3 Å². The SMILES string of the molecule is Cc1nc(N)c2c(n1)OC(C)(C)C(c1ccc(C3CCC(CC(=O)NC(C)(C)CO)CC3)cc1)=N2. The van der Waals surface area contributed by atoms with Crippen molar-refractivity contribution in [1.82, 2.24) is 15.3 Å². The van der Waals surface area contributed by atoms with Crippen LogP contribution >= 0.6 is 0 Å². The predicted molar refractivity (Wildman–Crippen MR) is 137 cm³/mol. The number of rotatable bonds is 6. The molecule has 1 saturated carbocycles. The zero-order valence-corrected chi connectivity index (χ0v) is 21.4. The van der Waals surface area contributed by atoms with Crippen molar-refractivity contribution in [3.05, 3.63) is 41.2 Å². The maximum atomic E-state index is 12.3. The van der Waals surface area contributed by atoms with Gasteiger partial charge in [0.25, 0.3) is 0 Å². The molecule has 0 saturated heterocycles.